The Morgan fingerprint density at radius 3 is 2.56 bits per heavy atom. The van der Waals surface area contributed by atoms with Crippen molar-refractivity contribution in [3.63, 3.8) is 0 Å². The first-order valence-corrected chi connectivity index (χ1v) is 5.16. The Morgan fingerprint density at radius 1 is 1.38 bits per heavy atom. The first kappa shape index (κ1) is 10.9. The molecular formula is C12H15N3O. The van der Waals surface area contributed by atoms with E-state index < -0.39 is 5.60 Å². The minimum Gasteiger partial charge on any atom is -0.384 e. The van der Waals surface area contributed by atoms with Crippen molar-refractivity contribution in [2.75, 3.05) is 6.54 Å². The minimum atomic E-state index is -0.970. The predicted molar refractivity (Wildman–Crippen MR) is 62.2 cm³/mol. The van der Waals surface area contributed by atoms with E-state index in [0.29, 0.717) is 0 Å². The van der Waals surface area contributed by atoms with Crippen LogP contribution in [0.3, 0.4) is 0 Å². The van der Waals surface area contributed by atoms with Crippen LogP contribution in [0.5, 0.6) is 0 Å². The standard InChI is InChI=1S/C12H15N3O/c1-12(16,9-13)10-3-5-11(6-4-10)15-8-2-7-14-15/h2-8,16H,9,13H2,1H3. The summed E-state index contributed by atoms with van der Waals surface area (Å²) in [5.74, 6) is 0. The summed E-state index contributed by atoms with van der Waals surface area (Å²) in [6, 6.07) is 9.41. The number of nitrogens with two attached hydrogens (primary N) is 1. The van der Waals surface area contributed by atoms with Crippen molar-refractivity contribution in [3.8, 4) is 5.69 Å². The van der Waals surface area contributed by atoms with Crippen LogP contribution in [-0.2, 0) is 5.60 Å². The Labute approximate surface area is 94.3 Å². The Bertz CT molecular complexity index is 446. The predicted octanol–water partition coefficient (Wildman–Crippen LogP) is 1.04. The van der Waals surface area contributed by atoms with E-state index in [2.05, 4.69) is 5.10 Å². The van der Waals surface area contributed by atoms with Crippen molar-refractivity contribution in [2.45, 2.75) is 12.5 Å². The second kappa shape index (κ2) is 4.08. The number of aromatic nitrogens is 2. The molecule has 0 radical (unpaired) electrons. The molecule has 0 spiro atoms. The van der Waals surface area contributed by atoms with Gasteiger partial charge in [-0.2, -0.15) is 5.10 Å². The van der Waals surface area contributed by atoms with Crippen molar-refractivity contribution >= 4 is 0 Å². The highest BCUT2D eigenvalue weighted by Gasteiger charge is 2.20. The molecule has 1 aromatic heterocycles. The first-order chi connectivity index (χ1) is 7.63. The van der Waals surface area contributed by atoms with Gasteiger partial charge in [-0.15, -0.1) is 0 Å². The molecule has 1 aromatic carbocycles. The van der Waals surface area contributed by atoms with Gasteiger partial charge in [0.15, 0.2) is 0 Å². The van der Waals surface area contributed by atoms with Crippen LogP contribution in [0, 0.1) is 0 Å². The van der Waals surface area contributed by atoms with Crippen LogP contribution in [0.1, 0.15) is 12.5 Å². The Kier molecular flexibility index (Phi) is 2.77. The second-order valence-corrected chi connectivity index (χ2v) is 3.98. The monoisotopic (exact) mass is 217 g/mol. The van der Waals surface area contributed by atoms with Gasteiger partial charge >= 0.3 is 0 Å². The van der Waals surface area contributed by atoms with Crippen LogP contribution in [0.2, 0.25) is 0 Å². The van der Waals surface area contributed by atoms with Crippen LogP contribution in [0.4, 0.5) is 0 Å². The van der Waals surface area contributed by atoms with Gasteiger partial charge in [-0.05, 0) is 30.7 Å². The lowest BCUT2D eigenvalue weighted by molar-refractivity contribution is 0.0668. The summed E-state index contributed by atoms with van der Waals surface area (Å²) in [7, 11) is 0. The fourth-order valence-electron chi connectivity index (χ4n) is 1.51. The second-order valence-electron chi connectivity index (χ2n) is 3.98. The highest BCUT2D eigenvalue weighted by Crippen LogP contribution is 2.20. The number of aliphatic hydroxyl groups is 1. The Morgan fingerprint density at radius 2 is 2.06 bits per heavy atom. The molecule has 1 atom stereocenters. The molecule has 0 saturated heterocycles. The molecule has 0 aliphatic heterocycles. The third kappa shape index (κ3) is 1.98. The largest absolute Gasteiger partial charge is 0.384 e. The van der Waals surface area contributed by atoms with Crippen molar-refractivity contribution < 1.29 is 5.11 Å². The number of hydrogen-bond acceptors (Lipinski definition) is 3. The van der Waals surface area contributed by atoms with Crippen LogP contribution < -0.4 is 5.73 Å². The van der Waals surface area contributed by atoms with E-state index in [1.165, 1.54) is 0 Å². The molecule has 16 heavy (non-hydrogen) atoms. The Hall–Kier alpha value is -1.65. The van der Waals surface area contributed by atoms with Crippen molar-refractivity contribution in [2.24, 2.45) is 5.73 Å². The smallest absolute Gasteiger partial charge is 0.0990 e. The summed E-state index contributed by atoms with van der Waals surface area (Å²) in [5, 5.41) is 14.1. The third-order valence-electron chi connectivity index (χ3n) is 2.66. The van der Waals surface area contributed by atoms with E-state index in [9.17, 15) is 5.11 Å². The number of benzene rings is 1. The summed E-state index contributed by atoms with van der Waals surface area (Å²) < 4.78 is 1.76. The van der Waals surface area contributed by atoms with Crippen molar-refractivity contribution in [1.29, 1.82) is 0 Å². The molecule has 0 saturated carbocycles. The van der Waals surface area contributed by atoms with Crippen molar-refractivity contribution in [1.82, 2.24) is 9.78 Å². The zero-order chi connectivity index (χ0) is 11.6. The number of hydrogen-bond donors (Lipinski definition) is 2. The quantitative estimate of drug-likeness (QED) is 0.807. The third-order valence-corrected chi connectivity index (χ3v) is 2.66. The Balaban J connectivity index is 2.30. The molecule has 0 aliphatic carbocycles. The molecule has 84 valence electrons. The molecule has 4 nitrogen and oxygen atoms in total. The van der Waals surface area contributed by atoms with Crippen LogP contribution in [-0.4, -0.2) is 21.4 Å². The van der Waals surface area contributed by atoms with Gasteiger partial charge in [0.1, 0.15) is 0 Å². The summed E-state index contributed by atoms with van der Waals surface area (Å²) in [6.07, 6.45) is 3.60. The highest BCUT2D eigenvalue weighted by atomic mass is 16.3. The summed E-state index contributed by atoms with van der Waals surface area (Å²) in [4.78, 5) is 0. The maximum atomic E-state index is 9.97. The van der Waals surface area contributed by atoms with E-state index in [4.69, 9.17) is 5.73 Å². The van der Waals surface area contributed by atoms with Gasteiger partial charge < -0.3 is 10.8 Å². The minimum absolute atomic E-state index is 0.202. The van der Waals surface area contributed by atoms with E-state index in [1.54, 1.807) is 17.8 Å². The maximum absolute atomic E-state index is 9.97. The maximum Gasteiger partial charge on any atom is 0.0990 e. The average molecular weight is 217 g/mol. The summed E-state index contributed by atoms with van der Waals surface area (Å²) in [6.45, 7) is 1.91. The topological polar surface area (TPSA) is 64.1 Å². The fourth-order valence-corrected chi connectivity index (χ4v) is 1.51. The van der Waals surface area contributed by atoms with Gasteiger partial charge in [0.25, 0.3) is 0 Å². The molecule has 2 rings (SSSR count). The van der Waals surface area contributed by atoms with Gasteiger partial charge in [0.05, 0.1) is 11.3 Å². The number of nitrogens with zero attached hydrogens (tertiary/aromatic N) is 2. The molecule has 1 unspecified atom stereocenters. The molecule has 2 aromatic rings. The van der Waals surface area contributed by atoms with Gasteiger partial charge in [-0.25, -0.2) is 4.68 Å². The summed E-state index contributed by atoms with van der Waals surface area (Å²) in [5.41, 5.74) is 6.30. The first-order valence-electron chi connectivity index (χ1n) is 5.16. The van der Waals surface area contributed by atoms with E-state index in [-0.39, 0.29) is 6.54 Å². The molecule has 3 N–H and O–H groups in total. The molecule has 4 heteroatoms. The molecular weight excluding hydrogens is 202 g/mol. The lowest BCUT2D eigenvalue weighted by Crippen LogP contribution is -2.31. The lowest BCUT2D eigenvalue weighted by atomic mass is 9.96. The molecule has 0 aliphatic rings. The van der Waals surface area contributed by atoms with Gasteiger partial charge in [0.2, 0.25) is 0 Å². The van der Waals surface area contributed by atoms with E-state index >= 15 is 0 Å². The van der Waals surface area contributed by atoms with E-state index in [1.807, 2.05) is 36.5 Å². The SMILES string of the molecule is CC(O)(CN)c1ccc(-n2cccn2)cc1. The number of rotatable bonds is 3. The fraction of sp³-hybridized carbons (Fsp3) is 0.250. The average Bonchev–Trinajstić information content (AvgIpc) is 2.83. The van der Waals surface area contributed by atoms with Crippen LogP contribution >= 0.6 is 0 Å². The van der Waals surface area contributed by atoms with Crippen LogP contribution in [0.15, 0.2) is 42.7 Å². The molecule has 1 heterocycles. The van der Waals surface area contributed by atoms with E-state index in [0.717, 1.165) is 11.3 Å². The molecule has 0 bridgehead atoms. The molecule has 0 amide bonds. The summed E-state index contributed by atoms with van der Waals surface area (Å²) >= 11 is 0. The van der Waals surface area contributed by atoms with Crippen LogP contribution in [0.25, 0.3) is 5.69 Å². The zero-order valence-corrected chi connectivity index (χ0v) is 9.17. The zero-order valence-electron chi connectivity index (χ0n) is 9.17. The normalized spacial score (nSPS) is 14.7. The van der Waals surface area contributed by atoms with Gasteiger partial charge in [0, 0.05) is 18.9 Å². The lowest BCUT2D eigenvalue weighted by Gasteiger charge is -2.21. The highest BCUT2D eigenvalue weighted by molar-refractivity contribution is 5.35. The van der Waals surface area contributed by atoms with Gasteiger partial charge in [-0.1, -0.05) is 12.1 Å². The van der Waals surface area contributed by atoms with Crippen molar-refractivity contribution in [3.05, 3.63) is 48.3 Å². The van der Waals surface area contributed by atoms with Gasteiger partial charge in [-0.3, -0.25) is 0 Å². The molecule has 0 fully saturated rings.